The summed E-state index contributed by atoms with van der Waals surface area (Å²) >= 11 is 9.39. The van der Waals surface area contributed by atoms with Crippen molar-refractivity contribution in [2.75, 3.05) is 31.1 Å². The Balaban J connectivity index is 2.00. The largest absolute Gasteiger partial charge is 0.465 e. The third-order valence-corrected chi connectivity index (χ3v) is 4.74. The van der Waals surface area contributed by atoms with Crippen molar-refractivity contribution >= 4 is 50.3 Å². The number of hydrogen-bond acceptors (Lipinski definition) is 4. The topological polar surface area (TPSA) is 69.6 Å². The van der Waals surface area contributed by atoms with Gasteiger partial charge in [0.25, 0.3) is 0 Å². The number of halogens is 3. The van der Waals surface area contributed by atoms with Crippen LogP contribution in [0.5, 0.6) is 0 Å². The number of nitrogens with zero attached hydrogens (tertiary/aromatic N) is 4. The van der Waals surface area contributed by atoms with Crippen LogP contribution in [0.15, 0.2) is 16.6 Å². The van der Waals surface area contributed by atoms with Crippen molar-refractivity contribution in [3.05, 3.63) is 27.7 Å². The third kappa shape index (κ3) is 2.80. The van der Waals surface area contributed by atoms with Gasteiger partial charge in [-0.05, 0) is 28.1 Å². The summed E-state index contributed by atoms with van der Waals surface area (Å²) in [5.74, 6) is 0.432. The molecule has 1 aliphatic rings. The number of aromatic nitrogens is 2. The molecule has 3 rings (SSSR count). The van der Waals surface area contributed by atoms with Crippen LogP contribution in [0.3, 0.4) is 0 Å². The number of amides is 1. The minimum atomic E-state index is -0.953. The van der Waals surface area contributed by atoms with Crippen LogP contribution < -0.4 is 4.90 Å². The van der Waals surface area contributed by atoms with Crippen molar-refractivity contribution in [2.45, 2.75) is 0 Å². The van der Waals surface area contributed by atoms with Crippen molar-refractivity contribution < 1.29 is 14.3 Å². The quantitative estimate of drug-likeness (QED) is 0.759. The summed E-state index contributed by atoms with van der Waals surface area (Å²) < 4.78 is 14.3. The summed E-state index contributed by atoms with van der Waals surface area (Å²) in [6.45, 7) is 1.55. The maximum absolute atomic E-state index is 13.7. The summed E-state index contributed by atoms with van der Waals surface area (Å²) in [6, 6.07) is 3.32. The van der Waals surface area contributed by atoms with Crippen molar-refractivity contribution in [1.82, 2.24) is 14.9 Å². The molecule has 0 saturated carbocycles. The molecule has 1 aromatic heterocycles. The van der Waals surface area contributed by atoms with Crippen LogP contribution in [0.4, 0.5) is 15.0 Å². The highest BCUT2D eigenvalue weighted by molar-refractivity contribution is 9.10. The van der Waals surface area contributed by atoms with Crippen LogP contribution >= 0.6 is 27.5 Å². The fourth-order valence-electron chi connectivity index (χ4n) is 2.43. The maximum Gasteiger partial charge on any atom is 0.407 e. The van der Waals surface area contributed by atoms with Gasteiger partial charge in [-0.3, -0.25) is 0 Å². The molecule has 1 N–H and O–H groups in total. The highest BCUT2D eigenvalue weighted by atomic mass is 79.9. The molecule has 0 bridgehead atoms. The Morgan fingerprint density at radius 1 is 1.27 bits per heavy atom. The smallest absolute Gasteiger partial charge is 0.407 e. The predicted molar refractivity (Wildman–Crippen MR) is 84.0 cm³/mol. The van der Waals surface area contributed by atoms with Gasteiger partial charge in [-0.25, -0.2) is 9.78 Å². The van der Waals surface area contributed by atoms with Gasteiger partial charge in [0, 0.05) is 36.0 Å². The van der Waals surface area contributed by atoms with E-state index in [1.807, 2.05) is 4.90 Å². The normalized spacial score (nSPS) is 15.4. The predicted octanol–water partition coefficient (Wildman–Crippen LogP) is 2.98. The van der Waals surface area contributed by atoms with E-state index in [0.29, 0.717) is 52.4 Å². The second kappa shape index (κ2) is 5.85. The van der Waals surface area contributed by atoms with E-state index in [2.05, 4.69) is 25.9 Å². The van der Waals surface area contributed by atoms with E-state index in [-0.39, 0.29) is 0 Å². The number of piperazine rings is 1. The average molecular weight is 390 g/mol. The van der Waals surface area contributed by atoms with Gasteiger partial charge < -0.3 is 14.9 Å². The zero-order valence-corrected chi connectivity index (χ0v) is 13.6. The second-order valence-electron chi connectivity index (χ2n) is 4.86. The first kappa shape index (κ1) is 15.2. The highest BCUT2D eigenvalue weighted by Gasteiger charge is 2.23. The first-order chi connectivity index (χ1) is 10.5. The Morgan fingerprint density at radius 3 is 2.59 bits per heavy atom. The van der Waals surface area contributed by atoms with Crippen LogP contribution in [0.25, 0.3) is 10.9 Å². The third-order valence-electron chi connectivity index (χ3n) is 3.54. The monoisotopic (exact) mass is 388 g/mol. The van der Waals surface area contributed by atoms with Gasteiger partial charge >= 0.3 is 12.2 Å². The standard InChI is InChI=1S/C13H11BrClFN4O2/c14-8-6-10-7(5-9(8)15)11(18-12(16)17-10)19-1-3-20(4-2-19)13(21)22/h5-6H,1-4H2,(H,21,22). The zero-order valence-electron chi connectivity index (χ0n) is 11.3. The molecule has 6 nitrogen and oxygen atoms in total. The highest BCUT2D eigenvalue weighted by Crippen LogP contribution is 2.32. The van der Waals surface area contributed by atoms with E-state index >= 15 is 0 Å². The molecular weight excluding hydrogens is 379 g/mol. The van der Waals surface area contributed by atoms with E-state index < -0.39 is 12.2 Å². The second-order valence-corrected chi connectivity index (χ2v) is 6.12. The molecule has 0 radical (unpaired) electrons. The van der Waals surface area contributed by atoms with Gasteiger partial charge in [-0.1, -0.05) is 11.6 Å². The summed E-state index contributed by atoms with van der Waals surface area (Å²) in [5.41, 5.74) is 0.444. The molecular formula is C13H11BrClFN4O2. The number of anilines is 1. The summed E-state index contributed by atoms with van der Waals surface area (Å²) in [5, 5.41) is 10.1. The van der Waals surface area contributed by atoms with E-state index in [0.717, 1.165) is 0 Å². The van der Waals surface area contributed by atoms with Crippen molar-refractivity contribution in [3.8, 4) is 0 Å². The Bertz CT molecular complexity index is 752. The van der Waals surface area contributed by atoms with Crippen LogP contribution in [-0.4, -0.2) is 52.2 Å². The number of carbonyl (C=O) groups is 1. The molecule has 22 heavy (non-hydrogen) atoms. The van der Waals surface area contributed by atoms with Crippen molar-refractivity contribution in [1.29, 1.82) is 0 Å². The summed E-state index contributed by atoms with van der Waals surface area (Å²) in [7, 11) is 0. The average Bonchev–Trinajstić information content (AvgIpc) is 2.48. The lowest BCUT2D eigenvalue weighted by atomic mass is 10.2. The van der Waals surface area contributed by atoms with Gasteiger partial charge in [-0.15, -0.1) is 0 Å². The lowest BCUT2D eigenvalue weighted by molar-refractivity contribution is 0.142. The fourth-order valence-corrected chi connectivity index (χ4v) is 2.93. The number of rotatable bonds is 1. The van der Waals surface area contributed by atoms with E-state index in [9.17, 15) is 9.18 Å². The molecule has 0 unspecified atom stereocenters. The van der Waals surface area contributed by atoms with E-state index in [1.165, 1.54) is 4.90 Å². The lowest BCUT2D eigenvalue weighted by Gasteiger charge is -2.34. The van der Waals surface area contributed by atoms with Gasteiger partial charge in [0.1, 0.15) is 5.82 Å². The SMILES string of the molecule is O=C(O)N1CCN(c2nc(F)nc3cc(Br)c(Cl)cc23)CC1. The van der Waals surface area contributed by atoms with E-state index in [1.54, 1.807) is 12.1 Å². The molecule has 2 heterocycles. The molecule has 1 aromatic carbocycles. The minimum absolute atomic E-state index is 0.340. The lowest BCUT2D eigenvalue weighted by Crippen LogP contribution is -2.48. The molecule has 1 saturated heterocycles. The minimum Gasteiger partial charge on any atom is -0.465 e. The molecule has 0 aliphatic carbocycles. The molecule has 9 heteroatoms. The van der Waals surface area contributed by atoms with Crippen LogP contribution in [0, 0.1) is 6.08 Å². The number of carboxylic acid groups (broad SMARTS) is 1. The maximum atomic E-state index is 13.7. The molecule has 1 fully saturated rings. The number of hydrogen-bond donors (Lipinski definition) is 1. The first-order valence-corrected chi connectivity index (χ1v) is 7.68. The Labute approximate surface area is 138 Å². The van der Waals surface area contributed by atoms with Gasteiger partial charge in [0.15, 0.2) is 0 Å². The Hall–Kier alpha value is -1.67. The van der Waals surface area contributed by atoms with Crippen LogP contribution in [0.1, 0.15) is 0 Å². The molecule has 116 valence electrons. The van der Waals surface area contributed by atoms with Gasteiger partial charge in [0.2, 0.25) is 0 Å². The first-order valence-electron chi connectivity index (χ1n) is 6.51. The summed E-state index contributed by atoms with van der Waals surface area (Å²) in [4.78, 5) is 21.8. The van der Waals surface area contributed by atoms with Crippen molar-refractivity contribution in [3.63, 3.8) is 0 Å². The number of fused-ring (bicyclic) bond motifs is 1. The van der Waals surface area contributed by atoms with Crippen LogP contribution in [-0.2, 0) is 0 Å². The van der Waals surface area contributed by atoms with Gasteiger partial charge in [-0.2, -0.15) is 9.37 Å². The molecule has 0 spiro atoms. The molecule has 2 aromatic rings. The van der Waals surface area contributed by atoms with Gasteiger partial charge in [0.05, 0.1) is 10.5 Å². The Morgan fingerprint density at radius 2 is 1.95 bits per heavy atom. The Kier molecular flexibility index (Phi) is 4.05. The number of benzene rings is 1. The molecule has 1 amide bonds. The summed E-state index contributed by atoms with van der Waals surface area (Å²) in [6.07, 6.45) is -1.78. The van der Waals surface area contributed by atoms with E-state index in [4.69, 9.17) is 16.7 Å². The zero-order chi connectivity index (χ0) is 15.9. The molecule has 1 aliphatic heterocycles. The van der Waals surface area contributed by atoms with Crippen LogP contribution in [0.2, 0.25) is 5.02 Å². The fraction of sp³-hybridized carbons (Fsp3) is 0.308. The van der Waals surface area contributed by atoms with Crippen molar-refractivity contribution in [2.24, 2.45) is 0 Å². The molecule has 0 atom stereocenters.